The molecule has 0 saturated carbocycles. The van der Waals surface area contributed by atoms with Gasteiger partial charge in [0.25, 0.3) is 5.91 Å². The molecule has 1 fully saturated rings. The maximum atomic E-state index is 11.6. The minimum Gasteiger partial charge on any atom is -0.357 e. The molecule has 0 radical (unpaired) electrons. The Labute approximate surface area is 163 Å². The van der Waals surface area contributed by atoms with Crippen molar-refractivity contribution in [1.29, 1.82) is 0 Å². The zero-order valence-corrected chi connectivity index (χ0v) is 17.1. The van der Waals surface area contributed by atoms with Gasteiger partial charge in [-0.1, -0.05) is 18.6 Å². The standard InChI is InChI=1S/C21H35N5O/c1-4-23-21(24-13-7-15-26-14-6-5-8-17(26)2)25-16-18-9-11-19(12-10-18)20(27)22-3/h9-12,17H,4-8,13-16H2,1-3H3,(H,22,27)(H2,23,24,25). The lowest BCUT2D eigenvalue weighted by atomic mass is 10.0. The third-order valence-electron chi connectivity index (χ3n) is 5.06. The van der Waals surface area contributed by atoms with Crippen molar-refractivity contribution in [1.82, 2.24) is 20.9 Å². The number of carbonyl (C=O) groups is 1. The van der Waals surface area contributed by atoms with Gasteiger partial charge in [0.2, 0.25) is 0 Å². The third-order valence-corrected chi connectivity index (χ3v) is 5.06. The maximum absolute atomic E-state index is 11.6. The van der Waals surface area contributed by atoms with Crippen molar-refractivity contribution >= 4 is 11.9 Å². The second-order valence-electron chi connectivity index (χ2n) is 7.13. The fourth-order valence-electron chi connectivity index (χ4n) is 3.40. The molecule has 1 atom stereocenters. The Morgan fingerprint density at radius 3 is 2.67 bits per heavy atom. The number of carbonyl (C=O) groups excluding carboxylic acids is 1. The van der Waals surface area contributed by atoms with Gasteiger partial charge in [0.1, 0.15) is 0 Å². The molecule has 1 aromatic carbocycles. The topological polar surface area (TPSA) is 68.8 Å². The Morgan fingerprint density at radius 2 is 2.00 bits per heavy atom. The van der Waals surface area contributed by atoms with Crippen LogP contribution in [0.25, 0.3) is 0 Å². The molecule has 1 saturated heterocycles. The first-order chi connectivity index (χ1) is 13.1. The maximum Gasteiger partial charge on any atom is 0.251 e. The summed E-state index contributed by atoms with van der Waals surface area (Å²) in [6.07, 6.45) is 5.16. The van der Waals surface area contributed by atoms with Crippen molar-refractivity contribution in [2.45, 2.75) is 52.1 Å². The van der Waals surface area contributed by atoms with Crippen LogP contribution in [0.15, 0.2) is 29.3 Å². The van der Waals surface area contributed by atoms with E-state index in [4.69, 9.17) is 0 Å². The van der Waals surface area contributed by atoms with Gasteiger partial charge in [0, 0.05) is 38.3 Å². The van der Waals surface area contributed by atoms with E-state index in [1.165, 1.54) is 25.8 Å². The SMILES string of the molecule is CCNC(=NCc1ccc(C(=O)NC)cc1)NCCCN1CCCCC1C. The van der Waals surface area contributed by atoms with Crippen LogP contribution in [0.2, 0.25) is 0 Å². The Bertz CT molecular complexity index is 599. The smallest absolute Gasteiger partial charge is 0.251 e. The largest absolute Gasteiger partial charge is 0.357 e. The zero-order chi connectivity index (χ0) is 19.5. The number of nitrogens with one attached hydrogen (secondary N) is 3. The highest BCUT2D eigenvalue weighted by Gasteiger charge is 2.17. The van der Waals surface area contributed by atoms with Gasteiger partial charge in [-0.05, 0) is 57.4 Å². The lowest BCUT2D eigenvalue weighted by Crippen LogP contribution is -2.41. The number of nitrogens with zero attached hydrogens (tertiary/aromatic N) is 2. The molecule has 0 bridgehead atoms. The fourth-order valence-corrected chi connectivity index (χ4v) is 3.40. The molecule has 1 aromatic rings. The number of hydrogen-bond donors (Lipinski definition) is 3. The van der Waals surface area contributed by atoms with Crippen LogP contribution in [0.1, 0.15) is 55.5 Å². The molecule has 0 spiro atoms. The molecule has 1 unspecified atom stereocenters. The molecule has 150 valence electrons. The Morgan fingerprint density at radius 1 is 1.22 bits per heavy atom. The molecule has 1 heterocycles. The summed E-state index contributed by atoms with van der Waals surface area (Å²) in [5, 5.41) is 9.36. The van der Waals surface area contributed by atoms with Gasteiger partial charge in [-0.15, -0.1) is 0 Å². The molecule has 6 nitrogen and oxygen atoms in total. The summed E-state index contributed by atoms with van der Waals surface area (Å²) in [7, 11) is 1.64. The van der Waals surface area contributed by atoms with Crippen molar-refractivity contribution in [2.24, 2.45) is 4.99 Å². The Balaban J connectivity index is 1.78. The predicted molar refractivity (Wildman–Crippen MR) is 112 cm³/mol. The van der Waals surface area contributed by atoms with E-state index in [1.54, 1.807) is 7.05 Å². The van der Waals surface area contributed by atoms with Crippen LogP contribution in [0, 0.1) is 0 Å². The van der Waals surface area contributed by atoms with Crippen molar-refractivity contribution in [3.05, 3.63) is 35.4 Å². The quantitative estimate of drug-likeness (QED) is 0.372. The van der Waals surface area contributed by atoms with Gasteiger partial charge >= 0.3 is 0 Å². The van der Waals surface area contributed by atoms with Gasteiger partial charge < -0.3 is 20.9 Å². The normalized spacial score (nSPS) is 18.2. The number of benzene rings is 1. The Hall–Kier alpha value is -2.08. The summed E-state index contributed by atoms with van der Waals surface area (Å²) >= 11 is 0. The highest BCUT2D eigenvalue weighted by atomic mass is 16.1. The van der Waals surface area contributed by atoms with Crippen molar-refractivity contribution < 1.29 is 4.79 Å². The monoisotopic (exact) mass is 373 g/mol. The summed E-state index contributed by atoms with van der Waals surface area (Å²) in [6, 6.07) is 8.30. The number of rotatable bonds is 8. The van der Waals surface area contributed by atoms with Gasteiger partial charge in [-0.3, -0.25) is 4.79 Å². The van der Waals surface area contributed by atoms with Crippen LogP contribution in [-0.2, 0) is 6.54 Å². The van der Waals surface area contributed by atoms with E-state index in [-0.39, 0.29) is 5.91 Å². The summed E-state index contributed by atoms with van der Waals surface area (Å²) in [6.45, 7) is 9.15. The minimum absolute atomic E-state index is 0.0666. The van der Waals surface area contributed by atoms with Crippen LogP contribution in [-0.4, -0.2) is 56.0 Å². The molecular formula is C21H35N5O. The molecule has 27 heavy (non-hydrogen) atoms. The zero-order valence-electron chi connectivity index (χ0n) is 17.1. The van der Waals surface area contributed by atoms with Crippen LogP contribution in [0.4, 0.5) is 0 Å². The lowest BCUT2D eigenvalue weighted by molar-refractivity contribution is 0.0963. The summed E-state index contributed by atoms with van der Waals surface area (Å²) < 4.78 is 0. The molecule has 1 aliphatic heterocycles. The average molecular weight is 374 g/mol. The first-order valence-electron chi connectivity index (χ1n) is 10.2. The van der Waals surface area contributed by atoms with E-state index >= 15 is 0 Å². The van der Waals surface area contributed by atoms with Crippen molar-refractivity contribution in [3.8, 4) is 0 Å². The van der Waals surface area contributed by atoms with E-state index in [0.717, 1.165) is 43.6 Å². The molecule has 1 aliphatic rings. The molecular weight excluding hydrogens is 338 g/mol. The number of likely N-dealkylation sites (tertiary alicyclic amines) is 1. The van der Waals surface area contributed by atoms with E-state index in [2.05, 4.69) is 39.7 Å². The fraction of sp³-hybridized carbons (Fsp3) is 0.619. The molecule has 6 heteroatoms. The number of aliphatic imine (C=N–C) groups is 1. The van der Waals surface area contributed by atoms with E-state index < -0.39 is 0 Å². The Kier molecular flexibility index (Phi) is 9.11. The van der Waals surface area contributed by atoms with Crippen LogP contribution in [0.3, 0.4) is 0 Å². The summed E-state index contributed by atoms with van der Waals surface area (Å²) in [5.74, 6) is 0.780. The van der Waals surface area contributed by atoms with Gasteiger partial charge in [-0.25, -0.2) is 4.99 Å². The lowest BCUT2D eigenvalue weighted by Gasteiger charge is -2.33. The first kappa shape index (κ1) is 21.2. The second-order valence-corrected chi connectivity index (χ2v) is 7.13. The predicted octanol–water partition coefficient (Wildman–Crippen LogP) is 2.37. The van der Waals surface area contributed by atoms with Gasteiger partial charge in [0.15, 0.2) is 5.96 Å². The molecule has 3 N–H and O–H groups in total. The summed E-state index contributed by atoms with van der Waals surface area (Å²) in [5.41, 5.74) is 1.75. The number of hydrogen-bond acceptors (Lipinski definition) is 3. The van der Waals surface area contributed by atoms with Gasteiger partial charge in [0.05, 0.1) is 6.54 Å². The van der Waals surface area contributed by atoms with Crippen LogP contribution in [0.5, 0.6) is 0 Å². The summed E-state index contributed by atoms with van der Waals surface area (Å²) in [4.78, 5) is 18.9. The van der Waals surface area contributed by atoms with Crippen molar-refractivity contribution in [2.75, 3.05) is 33.2 Å². The highest BCUT2D eigenvalue weighted by Crippen LogP contribution is 2.16. The second kappa shape index (κ2) is 11.6. The van der Waals surface area contributed by atoms with E-state index in [1.807, 2.05) is 24.3 Å². The van der Waals surface area contributed by atoms with Crippen LogP contribution >= 0.6 is 0 Å². The number of piperidine rings is 1. The first-order valence-corrected chi connectivity index (χ1v) is 10.2. The molecule has 2 rings (SSSR count). The van der Waals surface area contributed by atoms with Crippen LogP contribution < -0.4 is 16.0 Å². The van der Waals surface area contributed by atoms with E-state index in [9.17, 15) is 4.79 Å². The molecule has 0 aliphatic carbocycles. The molecule has 0 aromatic heterocycles. The number of amides is 1. The van der Waals surface area contributed by atoms with Crippen molar-refractivity contribution in [3.63, 3.8) is 0 Å². The molecule has 1 amide bonds. The van der Waals surface area contributed by atoms with Gasteiger partial charge in [-0.2, -0.15) is 0 Å². The third kappa shape index (κ3) is 7.21. The highest BCUT2D eigenvalue weighted by molar-refractivity contribution is 5.93. The minimum atomic E-state index is -0.0666. The number of guanidine groups is 1. The van der Waals surface area contributed by atoms with E-state index in [0.29, 0.717) is 12.1 Å². The average Bonchev–Trinajstić information content (AvgIpc) is 2.70.